The van der Waals surface area contributed by atoms with Gasteiger partial charge in [0.2, 0.25) is 0 Å². The molecule has 0 radical (unpaired) electrons. The number of hydrogen-bond donors (Lipinski definition) is 3. The number of aromatic amines is 1. The molecule has 4 rings (SSSR count). The number of halogens is 2. The van der Waals surface area contributed by atoms with Gasteiger partial charge in [-0.25, -0.2) is 4.39 Å². The molecule has 1 aliphatic rings. The Kier molecular flexibility index (Phi) is 7.39. The molecule has 0 bridgehead atoms. The summed E-state index contributed by atoms with van der Waals surface area (Å²) in [5, 5.41) is 12.0. The fraction of sp³-hybridized carbons (Fsp3) is 0.292. The van der Waals surface area contributed by atoms with Crippen LogP contribution in [-0.2, 0) is 0 Å². The number of benzene rings is 2. The van der Waals surface area contributed by atoms with Crippen LogP contribution in [-0.4, -0.2) is 41.6 Å². The second-order valence-electron chi connectivity index (χ2n) is 8.01. The summed E-state index contributed by atoms with van der Waals surface area (Å²) in [5.74, 6) is -0.904. The first-order valence-electron chi connectivity index (χ1n) is 10.9. The molecule has 3 aromatic rings. The molecule has 0 saturated carbocycles. The van der Waals surface area contributed by atoms with Crippen molar-refractivity contribution in [1.29, 1.82) is 0 Å². The van der Waals surface area contributed by atoms with E-state index in [9.17, 15) is 14.0 Å². The molecule has 172 valence electrons. The van der Waals surface area contributed by atoms with Crippen LogP contribution >= 0.6 is 15.9 Å². The molecule has 9 heteroatoms. The molecule has 3 N–H and O–H groups in total. The Morgan fingerprint density at radius 3 is 2.48 bits per heavy atom. The molecule has 2 amide bonds. The van der Waals surface area contributed by atoms with E-state index in [0.717, 1.165) is 32.4 Å². The lowest BCUT2D eigenvalue weighted by molar-refractivity contribution is 0.0944. The van der Waals surface area contributed by atoms with E-state index in [1.54, 1.807) is 6.07 Å². The first-order chi connectivity index (χ1) is 16.0. The summed E-state index contributed by atoms with van der Waals surface area (Å²) in [4.78, 5) is 27.3. The minimum atomic E-state index is -0.644. The van der Waals surface area contributed by atoms with Gasteiger partial charge >= 0.3 is 0 Å². The van der Waals surface area contributed by atoms with Gasteiger partial charge in [-0.3, -0.25) is 14.7 Å². The summed E-state index contributed by atoms with van der Waals surface area (Å²) in [6.45, 7) is 2.58. The molecular formula is C24H25BrFN5O2. The quantitative estimate of drug-likeness (QED) is 0.430. The molecule has 0 spiro atoms. The molecule has 1 fully saturated rings. The zero-order chi connectivity index (χ0) is 23.2. The van der Waals surface area contributed by atoms with Crippen molar-refractivity contribution in [2.75, 3.05) is 29.9 Å². The maximum Gasteiger partial charge on any atom is 0.270 e. The van der Waals surface area contributed by atoms with Crippen LogP contribution in [0.1, 0.15) is 40.1 Å². The number of hydrogen-bond acceptors (Lipinski definition) is 4. The summed E-state index contributed by atoms with van der Waals surface area (Å²) in [5.41, 5.74) is 1.36. The van der Waals surface area contributed by atoms with E-state index in [1.165, 1.54) is 23.9 Å². The van der Waals surface area contributed by atoms with E-state index >= 15 is 0 Å². The van der Waals surface area contributed by atoms with Gasteiger partial charge in [-0.05, 0) is 65.4 Å². The van der Waals surface area contributed by atoms with Gasteiger partial charge in [-0.2, -0.15) is 5.10 Å². The van der Waals surface area contributed by atoms with Gasteiger partial charge < -0.3 is 15.5 Å². The number of anilines is 2. The lowest BCUT2D eigenvalue weighted by Crippen LogP contribution is -2.35. The average Bonchev–Trinajstić information content (AvgIpc) is 3.20. The second kappa shape index (κ2) is 10.6. The molecule has 1 aliphatic heterocycles. The van der Waals surface area contributed by atoms with Gasteiger partial charge in [0.05, 0.1) is 10.0 Å². The number of para-hydroxylation sites is 1. The van der Waals surface area contributed by atoms with Gasteiger partial charge in [0, 0.05) is 25.3 Å². The van der Waals surface area contributed by atoms with Crippen molar-refractivity contribution in [3.63, 3.8) is 0 Å². The Hall–Kier alpha value is -3.20. The molecule has 1 saturated heterocycles. The van der Waals surface area contributed by atoms with Crippen LogP contribution in [0, 0.1) is 11.7 Å². The highest BCUT2D eigenvalue weighted by atomic mass is 79.9. The standard InChI is InChI=1S/C24H25BrFN5O2/c25-20-21(29-30-22(20)28-23(32)18-8-4-5-9-19(18)26)24(33)27-13-10-16-11-14-31(15-12-16)17-6-2-1-3-7-17/h1-9,16H,10-15H2,(H,27,33)(H2,28,29,30,32). The molecule has 7 nitrogen and oxygen atoms in total. The lowest BCUT2D eigenvalue weighted by Gasteiger charge is -2.33. The number of carbonyl (C=O) groups is 2. The SMILES string of the molecule is O=C(Nc1n[nH]c(C(=O)NCCC2CCN(c3ccccc3)CC2)c1Br)c1ccccc1F. The summed E-state index contributed by atoms with van der Waals surface area (Å²) in [6, 6.07) is 16.1. The second-order valence-corrected chi connectivity index (χ2v) is 8.80. The molecule has 2 aromatic carbocycles. The van der Waals surface area contributed by atoms with E-state index in [2.05, 4.69) is 65.9 Å². The van der Waals surface area contributed by atoms with Gasteiger partial charge in [-0.1, -0.05) is 30.3 Å². The zero-order valence-electron chi connectivity index (χ0n) is 18.0. The van der Waals surface area contributed by atoms with Crippen molar-refractivity contribution in [3.05, 3.63) is 76.1 Å². The largest absolute Gasteiger partial charge is 0.372 e. The van der Waals surface area contributed by atoms with E-state index < -0.39 is 11.7 Å². The Labute approximate surface area is 199 Å². The number of carbonyl (C=O) groups excluding carboxylic acids is 2. The summed E-state index contributed by atoms with van der Waals surface area (Å²) >= 11 is 3.30. The molecule has 0 aliphatic carbocycles. The molecular weight excluding hydrogens is 489 g/mol. The number of amides is 2. The molecule has 2 heterocycles. The highest BCUT2D eigenvalue weighted by Crippen LogP contribution is 2.26. The third kappa shape index (κ3) is 5.60. The van der Waals surface area contributed by atoms with Crippen LogP contribution in [0.15, 0.2) is 59.1 Å². The average molecular weight is 514 g/mol. The molecule has 1 aromatic heterocycles. The number of H-pyrrole nitrogens is 1. The monoisotopic (exact) mass is 513 g/mol. The van der Waals surface area contributed by atoms with Crippen LogP contribution in [0.5, 0.6) is 0 Å². The van der Waals surface area contributed by atoms with Crippen molar-refractivity contribution in [2.45, 2.75) is 19.3 Å². The van der Waals surface area contributed by atoms with Crippen LogP contribution in [0.3, 0.4) is 0 Å². The fourth-order valence-corrected chi connectivity index (χ4v) is 4.44. The Morgan fingerprint density at radius 1 is 1.06 bits per heavy atom. The van der Waals surface area contributed by atoms with E-state index in [0.29, 0.717) is 16.9 Å². The van der Waals surface area contributed by atoms with Crippen LogP contribution < -0.4 is 15.5 Å². The maximum atomic E-state index is 13.8. The van der Waals surface area contributed by atoms with Gasteiger partial charge in [0.15, 0.2) is 5.82 Å². The maximum absolute atomic E-state index is 13.8. The van der Waals surface area contributed by atoms with Gasteiger partial charge in [0.1, 0.15) is 11.5 Å². The van der Waals surface area contributed by atoms with Gasteiger partial charge in [0.25, 0.3) is 11.8 Å². The first kappa shape index (κ1) is 23.0. The number of rotatable bonds is 7. The minimum absolute atomic E-state index is 0.100. The van der Waals surface area contributed by atoms with Crippen molar-refractivity contribution in [2.24, 2.45) is 5.92 Å². The van der Waals surface area contributed by atoms with Crippen molar-refractivity contribution in [3.8, 4) is 0 Å². The van der Waals surface area contributed by atoms with Crippen LogP contribution in [0.4, 0.5) is 15.9 Å². The highest BCUT2D eigenvalue weighted by molar-refractivity contribution is 9.10. The zero-order valence-corrected chi connectivity index (χ0v) is 19.6. The predicted molar refractivity (Wildman–Crippen MR) is 129 cm³/mol. The van der Waals surface area contributed by atoms with Gasteiger partial charge in [-0.15, -0.1) is 0 Å². The number of piperidine rings is 1. The van der Waals surface area contributed by atoms with Crippen molar-refractivity contribution >= 4 is 39.2 Å². The van der Waals surface area contributed by atoms with E-state index in [-0.39, 0.29) is 23.0 Å². The smallest absolute Gasteiger partial charge is 0.270 e. The topological polar surface area (TPSA) is 90.1 Å². The fourth-order valence-electron chi connectivity index (χ4n) is 3.98. The Balaban J connectivity index is 1.25. The van der Waals surface area contributed by atoms with E-state index in [4.69, 9.17) is 0 Å². The van der Waals surface area contributed by atoms with Crippen LogP contribution in [0.2, 0.25) is 0 Å². The third-order valence-electron chi connectivity index (χ3n) is 5.86. The number of nitrogens with one attached hydrogen (secondary N) is 3. The Morgan fingerprint density at radius 2 is 1.76 bits per heavy atom. The number of aromatic nitrogens is 2. The van der Waals surface area contributed by atoms with Crippen molar-refractivity contribution in [1.82, 2.24) is 15.5 Å². The van der Waals surface area contributed by atoms with Crippen molar-refractivity contribution < 1.29 is 14.0 Å². The highest BCUT2D eigenvalue weighted by Gasteiger charge is 2.22. The molecule has 0 atom stereocenters. The molecule has 0 unspecified atom stereocenters. The predicted octanol–water partition coefficient (Wildman–Crippen LogP) is 4.60. The summed E-state index contributed by atoms with van der Waals surface area (Å²) in [7, 11) is 0. The number of nitrogens with zero attached hydrogens (tertiary/aromatic N) is 2. The third-order valence-corrected chi connectivity index (χ3v) is 6.63. The normalized spacial score (nSPS) is 14.2. The summed E-state index contributed by atoms with van der Waals surface area (Å²) in [6.07, 6.45) is 3.08. The van der Waals surface area contributed by atoms with E-state index in [1.807, 2.05) is 6.07 Å². The molecule has 33 heavy (non-hydrogen) atoms. The summed E-state index contributed by atoms with van der Waals surface area (Å²) < 4.78 is 14.1. The van der Waals surface area contributed by atoms with Crippen LogP contribution in [0.25, 0.3) is 0 Å². The minimum Gasteiger partial charge on any atom is -0.372 e. The first-order valence-corrected chi connectivity index (χ1v) is 11.7. The lowest BCUT2D eigenvalue weighted by atomic mass is 9.93. The Bertz CT molecular complexity index is 1110.